The molecule has 0 aliphatic carbocycles. The van der Waals surface area contributed by atoms with Crippen molar-refractivity contribution in [2.24, 2.45) is 5.10 Å². The lowest BCUT2D eigenvalue weighted by atomic mass is 10.1. The number of aromatic nitrogens is 2. The summed E-state index contributed by atoms with van der Waals surface area (Å²) in [6.45, 7) is 5.30. The van der Waals surface area contributed by atoms with Gasteiger partial charge < -0.3 is 4.42 Å². The van der Waals surface area contributed by atoms with Crippen molar-refractivity contribution in [3.8, 4) is 11.3 Å². The Bertz CT molecular complexity index is 1040. The maximum Gasteiger partial charge on any atom is 0.250 e. The summed E-state index contributed by atoms with van der Waals surface area (Å²) >= 11 is 1.25. The molecule has 2 aromatic heterocycles. The van der Waals surface area contributed by atoms with E-state index in [1.54, 1.807) is 24.3 Å². The molecule has 0 radical (unpaired) electrons. The summed E-state index contributed by atoms with van der Waals surface area (Å²) in [5.74, 6) is 1.06. The zero-order chi connectivity index (χ0) is 20.8. The van der Waals surface area contributed by atoms with Crippen LogP contribution in [0.25, 0.3) is 11.3 Å². The monoisotopic (exact) mass is 408 g/mol. The highest BCUT2D eigenvalue weighted by Gasteiger charge is 2.07. The Morgan fingerprint density at radius 3 is 2.45 bits per heavy atom. The first kappa shape index (κ1) is 20.5. The van der Waals surface area contributed by atoms with Crippen molar-refractivity contribution in [3.05, 3.63) is 65.2 Å². The van der Waals surface area contributed by atoms with Crippen LogP contribution in [0.1, 0.15) is 34.4 Å². The third kappa shape index (κ3) is 5.86. The first-order valence-corrected chi connectivity index (χ1v) is 9.87. The van der Waals surface area contributed by atoms with Crippen molar-refractivity contribution in [1.82, 2.24) is 15.4 Å². The minimum absolute atomic E-state index is 0.0156. The van der Waals surface area contributed by atoms with Gasteiger partial charge in [0.1, 0.15) is 11.5 Å². The van der Waals surface area contributed by atoms with Gasteiger partial charge in [-0.15, -0.1) is 0 Å². The molecule has 1 N–H and O–H groups in total. The Labute approximate surface area is 172 Å². The zero-order valence-corrected chi connectivity index (χ0v) is 17.1. The number of rotatable bonds is 7. The molecular weight excluding hydrogens is 388 g/mol. The molecule has 7 nitrogen and oxygen atoms in total. The molecule has 0 aliphatic rings. The molecule has 0 saturated heterocycles. The largest absolute Gasteiger partial charge is 0.455 e. The minimum Gasteiger partial charge on any atom is -0.455 e. The average Bonchev–Trinajstić information content (AvgIpc) is 3.14. The SMILES string of the molecule is CC(=O)c1ccc(-c2ccc(/C=N/NC(=O)CSc3nc(C)cc(C)n3)o2)cc1. The van der Waals surface area contributed by atoms with Crippen LogP contribution in [-0.4, -0.2) is 33.6 Å². The molecule has 3 aromatic rings. The molecule has 29 heavy (non-hydrogen) atoms. The predicted molar refractivity (Wildman–Crippen MR) is 112 cm³/mol. The van der Waals surface area contributed by atoms with Gasteiger partial charge in [-0.1, -0.05) is 36.0 Å². The van der Waals surface area contributed by atoms with Gasteiger partial charge in [-0.2, -0.15) is 5.10 Å². The second-order valence-electron chi connectivity index (χ2n) is 6.35. The Morgan fingerprint density at radius 1 is 1.10 bits per heavy atom. The van der Waals surface area contributed by atoms with Crippen LogP contribution in [0, 0.1) is 13.8 Å². The maximum atomic E-state index is 11.9. The second kappa shape index (κ2) is 9.29. The number of ketones is 1. The van der Waals surface area contributed by atoms with Crippen LogP contribution in [0.15, 0.2) is 57.1 Å². The van der Waals surface area contributed by atoms with E-state index in [0.29, 0.717) is 22.2 Å². The average molecular weight is 408 g/mol. The van der Waals surface area contributed by atoms with Gasteiger partial charge in [0.15, 0.2) is 10.9 Å². The molecule has 0 fully saturated rings. The summed E-state index contributed by atoms with van der Waals surface area (Å²) in [4.78, 5) is 31.8. The van der Waals surface area contributed by atoms with Gasteiger partial charge in [-0.3, -0.25) is 9.59 Å². The maximum absolute atomic E-state index is 11.9. The van der Waals surface area contributed by atoms with E-state index in [9.17, 15) is 9.59 Å². The van der Waals surface area contributed by atoms with Crippen LogP contribution in [0.2, 0.25) is 0 Å². The zero-order valence-electron chi connectivity index (χ0n) is 16.3. The number of nitrogens with zero attached hydrogens (tertiary/aromatic N) is 3. The topological polar surface area (TPSA) is 97.5 Å². The van der Waals surface area contributed by atoms with Gasteiger partial charge in [0.2, 0.25) is 0 Å². The number of hydrogen-bond acceptors (Lipinski definition) is 7. The van der Waals surface area contributed by atoms with Crippen molar-refractivity contribution >= 4 is 29.7 Å². The molecule has 1 aromatic carbocycles. The summed E-state index contributed by atoms with van der Waals surface area (Å²) in [6.07, 6.45) is 1.43. The van der Waals surface area contributed by atoms with Gasteiger partial charge >= 0.3 is 0 Å². The fraction of sp³-hybridized carbons (Fsp3) is 0.190. The van der Waals surface area contributed by atoms with Gasteiger partial charge in [0.05, 0.1) is 12.0 Å². The van der Waals surface area contributed by atoms with Crippen LogP contribution in [0.4, 0.5) is 0 Å². The van der Waals surface area contributed by atoms with E-state index >= 15 is 0 Å². The number of hydrazone groups is 1. The van der Waals surface area contributed by atoms with Crippen molar-refractivity contribution < 1.29 is 14.0 Å². The molecule has 0 spiro atoms. The molecule has 0 atom stereocenters. The number of nitrogens with one attached hydrogen (secondary N) is 1. The van der Waals surface area contributed by atoms with Gasteiger partial charge in [-0.05, 0) is 39.0 Å². The van der Waals surface area contributed by atoms with Crippen LogP contribution >= 0.6 is 11.8 Å². The Hall–Kier alpha value is -3.26. The van der Waals surface area contributed by atoms with E-state index in [4.69, 9.17) is 4.42 Å². The second-order valence-corrected chi connectivity index (χ2v) is 7.29. The van der Waals surface area contributed by atoms with Crippen LogP contribution < -0.4 is 5.43 Å². The Balaban J connectivity index is 1.52. The first-order valence-electron chi connectivity index (χ1n) is 8.89. The number of benzene rings is 1. The Kier molecular flexibility index (Phi) is 6.56. The fourth-order valence-electron chi connectivity index (χ4n) is 2.53. The lowest BCUT2D eigenvalue weighted by Crippen LogP contribution is -2.19. The van der Waals surface area contributed by atoms with E-state index in [1.165, 1.54) is 24.9 Å². The molecular formula is C21H20N4O3S. The number of carbonyl (C=O) groups is 2. The van der Waals surface area contributed by atoms with E-state index < -0.39 is 0 Å². The molecule has 8 heteroatoms. The number of amides is 1. The Morgan fingerprint density at radius 2 is 1.79 bits per heavy atom. The summed E-state index contributed by atoms with van der Waals surface area (Å²) in [5.41, 5.74) is 5.68. The van der Waals surface area contributed by atoms with Gasteiger partial charge in [0, 0.05) is 22.5 Å². The molecule has 0 bridgehead atoms. The van der Waals surface area contributed by atoms with Crippen LogP contribution in [0.3, 0.4) is 0 Å². The lowest BCUT2D eigenvalue weighted by molar-refractivity contribution is -0.118. The smallest absolute Gasteiger partial charge is 0.250 e. The van der Waals surface area contributed by atoms with Crippen molar-refractivity contribution in [3.63, 3.8) is 0 Å². The van der Waals surface area contributed by atoms with Crippen molar-refractivity contribution in [2.45, 2.75) is 25.9 Å². The summed E-state index contributed by atoms with van der Waals surface area (Å²) in [6, 6.07) is 12.6. The number of aryl methyl sites for hydroxylation is 2. The molecule has 0 aliphatic heterocycles. The van der Waals surface area contributed by atoms with E-state index in [2.05, 4.69) is 20.5 Å². The van der Waals surface area contributed by atoms with E-state index in [-0.39, 0.29) is 17.4 Å². The molecule has 1 amide bonds. The van der Waals surface area contributed by atoms with E-state index in [1.807, 2.05) is 32.0 Å². The number of carbonyl (C=O) groups excluding carboxylic acids is 2. The number of hydrogen-bond donors (Lipinski definition) is 1. The third-order valence-corrected chi connectivity index (χ3v) is 4.73. The standard InChI is InChI=1S/C21H20N4O3S/c1-13-10-14(2)24-21(23-13)29-12-20(27)25-22-11-18-8-9-19(28-18)17-6-4-16(5-7-17)15(3)26/h4-11H,12H2,1-3H3,(H,25,27)/b22-11+. The first-order chi connectivity index (χ1) is 13.9. The number of thioether (sulfide) groups is 1. The van der Waals surface area contributed by atoms with Crippen molar-refractivity contribution in [1.29, 1.82) is 0 Å². The molecule has 0 unspecified atom stereocenters. The van der Waals surface area contributed by atoms with Gasteiger partial charge in [0.25, 0.3) is 5.91 Å². The fourth-order valence-corrected chi connectivity index (χ4v) is 3.28. The number of Topliss-reactive ketones (excluding diaryl/α,β-unsaturated/α-hetero) is 1. The molecule has 2 heterocycles. The molecule has 148 valence electrons. The minimum atomic E-state index is -0.263. The third-order valence-electron chi connectivity index (χ3n) is 3.88. The highest BCUT2D eigenvalue weighted by Crippen LogP contribution is 2.22. The summed E-state index contributed by atoms with van der Waals surface area (Å²) in [7, 11) is 0. The quantitative estimate of drug-likeness (QED) is 0.210. The molecule has 0 saturated carbocycles. The number of furan rings is 1. The summed E-state index contributed by atoms with van der Waals surface area (Å²) < 4.78 is 5.70. The normalized spacial score (nSPS) is 11.0. The summed E-state index contributed by atoms with van der Waals surface area (Å²) in [5, 5.41) is 4.48. The van der Waals surface area contributed by atoms with Crippen molar-refractivity contribution in [2.75, 3.05) is 5.75 Å². The van der Waals surface area contributed by atoms with E-state index in [0.717, 1.165) is 17.0 Å². The molecule has 3 rings (SSSR count). The lowest BCUT2D eigenvalue weighted by Gasteiger charge is -2.02. The predicted octanol–water partition coefficient (Wildman–Crippen LogP) is 3.80. The highest BCUT2D eigenvalue weighted by atomic mass is 32.2. The van der Waals surface area contributed by atoms with Gasteiger partial charge in [-0.25, -0.2) is 15.4 Å². The van der Waals surface area contributed by atoms with Crippen LogP contribution in [-0.2, 0) is 4.79 Å². The highest BCUT2D eigenvalue weighted by molar-refractivity contribution is 7.99. The van der Waals surface area contributed by atoms with Crippen LogP contribution in [0.5, 0.6) is 0 Å².